The van der Waals surface area contributed by atoms with E-state index in [1.165, 1.54) is 12.1 Å². The molecule has 0 bridgehead atoms. The van der Waals surface area contributed by atoms with E-state index in [0.29, 0.717) is 0 Å². The Kier molecular flexibility index (Phi) is 11.2. The van der Waals surface area contributed by atoms with Gasteiger partial charge in [0.2, 0.25) is 0 Å². The topological polar surface area (TPSA) is 275 Å². The number of benzene rings is 2. The van der Waals surface area contributed by atoms with E-state index in [-0.39, 0.29) is 11.1 Å². The summed E-state index contributed by atoms with van der Waals surface area (Å²) < 4.78 is 16.0. The van der Waals surface area contributed by atoms with Crippen molar-refractivity contribution in [2.45, 2.75) is 62.1 Å². The first-order valence-corrected chi connectivity index (χ1v) is 13.8. The highest BCUT2D eigenvalue weighted by Gasteiger charge is 2.54. The van der Waals surface area contributed by atoms with Crippen LogP contribution in [0.3, 0.4) is 0 Å². The van der Waals surface area contributed by atoms with Crippen LogP contribution in [0.5, 0.6) is 23.0 Å². The second kappa shape index (κ2) is 14.7. The fraction of sp³-hybridized carbons (Fsp3) is 0.323. The molecular weight excluding hydrogens is 628 g/mol. The molecule has 0 saturated heterocycles. The molecule has 2 aromatic rings. The largest absolute Gasteiger partial charge is 0.504 e. The Morgan fingerprint density at radius 3 is 1.60 bits per heavy atom. The summed E-state index contributed by atoms with van der Waals surface area (Å²) in [5.74, 6) is -8.63. The number of carbonyl (C=O) groups is 5. The summed E-state index contributed by atoms with van der Waals surface area (Å²) in [6.45, 7) is 1.04. The fourth-order valence-electron chi connectivity index (χ4n) is 4.65. The number of aliphatic carboxylic acids is 2. The number of phenolic OH excluding ortho intramolecular Hbond substituents is 4. The molecule has 252 valence electrons. The molecule has 1 fully saturated rings. The number of aliphatic hydroxyl groups is 2. The normalized spacial score (nSPS) is 22.3. The van der Waals surface area contributed by atoms with Gasteiger partial charge in [0.25, 0.3) is 0 Å². The van der Waals surface area contributed by atoms with E-state index in [1.807, 2.05) is 0 Å². The molecule has 0 aromatic heterocycles. The summed E-state index contributed by atoms with van der Waals surface area (Å²) in [6, 6.07) is 7.16. The highest BCUT2D eigenvalue weighted by atomic mass is 16.6. The summed E-state index contributed by atoms with van der Waals surface area (Å²) in [5, 5.41) is 78.3. The summed E-state index contributed by atoms with van der Waals surface area (Å²) in [4.78, 5) is 61.6. The minimum absolute atomic E-state index is 0.229. The number of esters is 3. The van der Waals surface area contributed by atoms with Gasteiger partial charge in [-0.25, -0.2) is 14.4 Å². The van der Waals surface area contributed by atoms with E-state index in [0.717, 1.165) is 55.5 Å². The first-order chi connectivity index (χ1) is 21.9. The van der Waals surface area contributed by atoms with Crippen molar-refractivity contribution in [1.29, 1.82) is 0 Å². The molecule has 0 amide bonds. The lowest BCUT2D eigenvalue weighted by atomic mass is 9.79. The quantitative estimate of drug-likeness (QED) is 0.0687. The Morgan fingerprint density at radius 2 is 1.21 bits per heavy atom. The summed E-state index contributed by atoms with van der Waals surface area (Å²) in [6.07, 6.45) is -4.81. The van der Waals surface area contributed by atoms with Crippen LogP contribution >= 0.6 is 0 Å². The lowest BCUT2D eigenvalue weighted by molar-refractivity contribution is -0.214. The van der Waals surface area contributed by atoms with E-state index in [2.05, 4.69) is 0 Å². The van der Waals surface area contributed by atoms with E-state index in [4.69, 9.17) is 19.3 Å². The van der Waals surface area contributed by atoms with Crippen LogP contribution in [0, 0.1) is 0 Å². The summed E-state index contributed by atoms with van der Waals surface area (Å²) >= 11 is 0. The molecule has 0 radical (unpaired) electrons. The molecule has 2 aromatic carbocycles. The van der Waals surface area contributed by atoms with E-state index in [9.17, 15) is 59.7 Å². The van der Waals surface area contributed by atoms with Gasteiger partial charge in [0, 0.05) is 25.0 Å². The van der Waals surface area contributed by atoms with Crippen molar-refractivity contribution in [3.63, 3.8) is 0 Å². The number of carbonyl (C=O) groups excluding carboxylic acids is 3. The first-order valence-electron chi connectivity index (χ1n) is 13.8. The molecule has 1 saturated carbocycles. The Balaban J connectivity index is 1.92. The third-order valence-corrected chi connectivity index (χ3v) is 6.89. The third-order valence-electron chi connectivity index (χ3n) is 6.89. The van der Waals surface area contributed by atoms with Crippen LogP contribution < -0.4 is 0 Å². The van der Waals surface area contributed by atoms with E-state index in [1.54, 1.807) is 0 Å². The minimum atomic E-state index is -2.67. The molecule has 16 heteroatoms. The van der Waals surface area contributed by atoms with Crippen molar-refractivity contribution in [3.05, 3.63) is 59.7 Å². The van der Waals surface area contributed by atoms with Crippen molar-refractivity contribution in [2.75, 3.05) is 0 Å². The average molecular weight is 661 g/mol. The molecule has 1 aliphatic carbocycles. The second-order valence-corrected chi connectivity index (χ2v) is 11.1. The van der Waals surface area contributed by atoms with Gasteiger partial charge < -0.3 is 55.1 Å². The zero-order chi connectivity index (χ0) is 35.1. The maximum atomic E-state index is 12.9. The van der Waals surface area contributed by atoms with Crippen LogP contribution in [0.4, 0.5) is 0 Å². The Bertz CT molecular complexity index is 1500. The molecule has 8 N–H and O–H groups in total. The van der Waals surface area contributed by atoms with Crippen molar-refractivity contribution in [2.24, 2.45) is 0 Å². The molecule has 0 spiro atoms. The maximum absolute atomic E-state index is 12.9. The molecule has 0 aliphatic heterocycles. The Morgan fingerprint density at radius 1 is 0.766 bits per heavy atom. The SMILES string of the molecule is C[C@](O)(CC(=O)O)CC(=O)OC1[C@H](OC(=O)C=Cc2ccc(O)c(O)c2)CC(O)(C(=O)O)C[C@H]1OC(=O)C=Cc1ccc(O)c(O)c1. The molecule has 0 unspecified atom stereocenters. The van der Waals surface area contributed by atoms with Crippen LogP contribution in [0.2, 0.25) is 0 Å². The molecule has 0 heterocycles. The van der Waals surface area contributed by atoms with Gasteiger partial charge in [0.1, 0.15) is 12.2 Å². The number of hydrogen-bond acceptors (Lipinski definition) is 14. The predicted molar refractivity (Wildman–Crippen MR) is 157 cm³/mol. The number of aromatic hydroxyl groups is 4. The lowest BCUT2D eigenvalue weighted by Crippen LogP contribution is -2.59. The maximum Gasteiger partial charge on any atom is 0.335 e. The van der Waals surface area contributed by atoms with Gasteiger partial charge >= 0.3 is 29.8 Å². The smallest absolute Gasteiger partial charge is 0.335 e. The van der Waals surface area contributed by atoms with E-state index < -0.39 is 108 Å². The number of hydrogen-bond donors (Lipinski definition) is 8. The van der Waals surface area contributed by atoms with Crippen LogP contribution in [-0.4, -0.2) is 100 Å². The van der Waals surface area contributed by atoms with Crippen LogP contribution in [0.1, 0.15) is 43.7 Å². The summed E-state index contributed by atoms with van der Waals surface area (Å²) in [5.41, 5.74) is -4.32. The molecule has 1 aliphatic rings. The van der Waals surface area contributed by atoms with Crippen molar-refractivity contribution in [1.82, 2.24) is 0 Å². The Labute approximate surface area is 266 Å². The number of ether oxygens (including phenoxy) is 3. The minimum Gasteiger partial charge on any atom is -0.504 e. The van der Waals surface area contributed by atoms with Crippen molar-refractivity contribution < 1.29 is 79.0 Å². The molecule has 3 rings (SSSR count). The molecule has 3 atom stereocenters. The van der Waals surface area contributed by atoms with Crippen LogP contribution in [0.25, 0.3) is 12.2 Å². The van der Waals surface area contributed by atoms with Gasteiger partial charge in [-0.2, -0.15) is 0 Å². The van der Waals surface area contributed by atoms with Gasteiger partial charge in [0.15, 0.2) is 34.7 Å². The number of carboxylic acids is 2. The van der Waals surface area contributed by atoms with E-state index >= 15 is 0 Å². The number of carboxylic acid groups (broad SMARTS) is 2. The van der Waals surface area contributed by atoms with Crippen LogP contribution in [0.15, 0.2) is 48.6 Å². The predicted octanol–water partition coefficient (Wildman–Crippen LogP) is 1.20. The summed E-state index contributed by atoms with van der Waals surface area (Å²) in [7, 11) is 0. The fourth-order valence-corrected chi connectivity index (χ4v) is 4.65. The van der Waals surface area contributed by atoms with Gasteiger partial charge in [0.05, 0.1) is 18.4 Å². The molecule has 47 heavy (non-hydrogen) atoms. The number of rotatable bonds is 12. The van der Waals surface area contributed by atoms with Gasteiger partial charge in [-0.3, -0.25) is 9.59 Å². The molecular formula is C31H32O16. The van der Waals surface area contributed by atoms with Crippen molar-refractivity contribution >= 4 is 42.0 Å². The highest BCUT2D eigenvalue weighted by Crippen LogP contribution is 2.36. The van der Waals surface area contributed by atoms with Crippen LogP contribution in [-0.2, 0) is 38.2 Å². The first kappa shape index (κ1) is 35.9. The highest BCUT2D eigenvalue weighted by molar-refractivity contribution is 5.88. The van der Waals surface area contributed by atoms with Gasteiger partial charge in [-0.1, -0.05) is 12.1 Å². The zero-order valence-corrected chi connectivity index (χ0v) is 24.7. The monoisotopic (exact) mass is 660 g/mol. The van der Waals surface area contributed by atoms with Gasteiger partial charge in [-0.05, 0) is 54.5 Å². The average Bonchev–Trinajstić information content (AvgIpc) is 2.95. The van der Waals surface area contributed by atoms with Crippen molar-refractivity contribution in [3.8, 4) is 23.0 Å². The Hall–Kier alpha value is -5.61. The number of phenols is 4. The second-order valence-electron chi connectivity index (χ2n) is 11.1. The van der Waals surface area contributed by atoms with Gasteiger partial charge in [-0.15, -0.1) is 0 Å². The zero-order valence-electron chi connectivity index (χ0n) is 24.7. The molecule has 16 nitrogen and oxygen atoms in total. The third kappa shape index (κ3) is 10.2. The lowest BCUT2D eigenvalue weighted by Gasteiger charge is -2.42. The standard InChI is InChI=1S/C31H32O16/c1-30(43,14-24(36)37)15-27(40)47-28-22(45-25(38)8-4-16-2-6-18(32)20(34)10-16)12-31(44,29(41)42)13-23(28)46-26(39)9-5-17-3-7-19(33)21(35)11-17/h2-11,22-23,28,32-35,43-44H,12-15H2,1H3,(H,36,37)(H,41,42)/t22-,23-,28?,30+,31?/m1/s1.